The normalized spacial score (nSPS) is 23.2. The van der Waals surface area contributed by atoms with Gasteiger partial charge in [0.05, 0.1) is 44.3 Å². The molecule has 0 aromatic heterocycles. The molecule has 35 nitrogen and oxygen atoms in total. The number of aliphatic hydroxyl groups is 4. The minimum absolute atomic E-state index is 0.000350. The number of benzene rings is 2. The van der Waals surface area contributed by atoms with Gasteiger partial charge in [0.15, 0.2) is 18.2 Å². The van der Waals surface area contributed by atoms with Crippen molar-refractivity contribution in [1.29, 1.82) is 5.41 Å². The lowest BCUT2D eigenvalue weighted by atomic mass is 9.95. The Morgan fingerprint density at radius 2 is 1.23 bits per heavy atom. The number of amides is 11. The van der Waals surface area contributed by atoms with Crippen molar-refractivity contribution in [2.24, 2.45) is 35.3 Å². The van der Waals surface area contributed by atoms with Gasteiger partial charge in [-0.3, -0.25) is 58.3 Å². The Hall–Kier alpha value is -9.77. The van der Waals surface area contributed by atoms with Gasteiger partial charge in [0, 0.05) is 26.2 Å². The molecular weight excluding hydrogens is 1430 g/mol. The monoisotopic (exact) mass is 1550 g/mol. The van der Waals surface area contributed by atoms with Crippen LogP contribution in [-0.4, -0.2) is 240 Å². The van der Waals surface area contributed by atoms with Crippen LogP contribution in [0.15, 0.2) is 78.7 Å². The molecule has 0 aliphatic carbocycles. The molecule has 0 spiro atoms. The Bertz CT molecular complexity index is 3410. The van der Waals surface area contributed by atoms with Gasteiger partial charge in [-0.1, -0.05) is 143 Å². The summed E-state index contributed by atoms with van der Waals surface area (Å²) in [5.74, 6) is -15.3. The number of ether oxygens (including phenoxy) is 3. The third-order valence-electron chi connectivity index (χ3n) is 18.2. The SMILES string of the molecule is C=C=C1N[C@@H](CO)C(=O)O[C@H](c2ccccc2)[C@H](NC(=O)[C@H](CC(C)C)NC(=O)[C@@H](CC(C)C)NC(=O)OCc2ccccc2)C(=O)N[C@@H]([C@H](O)C(C)C)C(=O)N[C@@H](CC(C)C)C(=O)N[C@H](CCCNC(=N)N)C(=O)N[C@@H]([C@@H](C)CC)C(=O)N[C@@H]([C@H](C)O)C(=O)NCC(=O)N[C@H]1[C@H](O)C(=O)NCCCN1CCOCC1. The number of alkyl carbamates (subject to hydrolysis) is 1. The van der Waals surface area contributed by atoms with E-state index in [0.717, 1.165) is 6.92 Å². The van der Waals surface area contributed by atoms with Crippen LogP contribution in [0.1, 0.15) is 138 Å². The molecule has 2 fully saturated rings. The first-order valence-corrected chi connectivity index (χ1v) is 37.5. The zero-order valence-electron chi connectivity index (χ0n) is 64.9. The fourth-order valence-electron chi connectivity index (χ4n) is 11.9. The molecule has 110 heavy (non-hydrogen) atoms. The van der Waals surface area contributed by atoms with Crippen molar-refractivity contribution in [3.8, 4) is 0 Å². The Balaban J connectivity index is 2.01. The third-order valence-corrected chi connectivity index (χ3v) is 18.2. The van der Waals surface area contributed by atoms with Gasteiger partial charge >= 0.3 is 12.1 Å². The van der Waals surface area contributed by atoms with E-state index in [1.165, 1.54) is 38.1 Å². The molecule has 612 valence electrons. The van der Waals surface area contributed by atoms with Crippen LogP contribution in [0.2, 0.25) is 0 Å². The fourth-order valence-corrected chi connectivity index (χ4v) is 11.9. The quantitative estimate of drug-likeness (QED) is 0.0135. The standard InChI is InChI=1S/C75H118N16O19/c1-13-45(11)56-69(102)88-57(46(12)93)68(101)80-38-55(94)86-58(62(96)72(105)78-29-22-30-91-31-33-108-34-32-91)49(14-2)81-54(39-92)73(106)110-63(48-25-19-16-20-26-48)60(90-67(100)52(36-42(5)6)83-66(99)53(37-43(7)8)85-75(107)109-40-47-23-17-15-18-24-47)71(104)89-59(61(95)44(9)10)70(103)84-51(35-41(3)4)65(98)82-50(64(97)87-56)27-21-28-79-74(76)77/h15-20,23-26,41-46,50-54,56-63,81,92-93,95-96H,2,13,21-22,27-40H2,1,3-12H3,(H,78,105)(H,80,101)(H,82,98)(H,83,99)(H,84,103)(H,85,107)(H,86,94)(H,87,97)(H,88,102)(H,89,104)(H,90,100)(H4,76,77,79)/t45-,46-,50+,51-,52-,53+,54-,56-,57-,58+,59-,60-,61+,62-,63+/m0/s1. The van der Waals surface area contributed by atoms with Gasteiger partial charge in [-0.2, -0.15) is 0 Å². The molecule has 0 saturated carbocycles. The number of carbonyl (C=O) groups is 12. The Labute approximate surface area is 642 Å². The van der Waals surface area contributed by atoms with Crippen LogP contribution in [0.25, 0.3) is 0 Å². The summed E-state index contributed by atoms with van der Waals surface area (Å²) in [7, 11) is 0. The number of morpholine rings is 1. The summed E-state index contributed by atoms with van der Waals surface area (Å²) in [5, 5.41) is 87.4. The second-order valence-electron chi connectivity index (χ2n) is 29.2. The average molecular weight is 1550 g/mol. The number of nitrogens with one attached hydrogen (secondary N) is 14. The second-order valence-corrected chi connectivity index (χ2v) is 29.2. The predicted octanol–water partition coefficient (Wildman–Crippen LogP) is -1.76. The van der Waals surface area contributed by atoms with E-state index >= 15 is 19.2 Å². The van der Waals surface area contributed by atoms with Crippen LogP contribution in [-0.2, 0) is 73.6 Å². The van der Waals surface area contributed by atoms with Crippen molar-refractivity contribution < 1.29 is 92.2 Å². The first-order chi connectivity index (χ1) is 52.1. The smallest absolute Gasteiger partial charge is 0.408 e. The summed E-state index contributed by atoms with van der Waals surface area (Å²) in [5.41, 5.74) is 8.05. The number of aliphatic hydroxyl groups excluding tert-OH is 4. The van der Waals surface area contributed by atoms with E-state index in [-0.39, 0.29) is 69.7 Å². The van der Waals surface area contributed by atoms with Crippen LogP contribution in [0.4, 0.5) is 4.79 Å². The van der Waals surface area contributed by atoms with Gasteiger partial charge < -0.3 is 109 Å². The molecule has 20 N–H and O–H groups in total. The minimum atomic E-state index is -2.29. The van der Waals surface area contributed by atoms with Crippen LogP contribution in [0, 0.1) is 35.0 Å². The lowest BCUT2D eigenvalue weighted by Gasteiger charge is -2.34. The summed E-state index contributed by atoms with van der Waals surface area (Å²) in [6.45, 7) is 22.0. The predicted molar refractivity (Wildman–Crippen MR) is 404 cm³/mol. The van der Waals surface area contributed by atoms with Crippen molar-refractivity contribution in [3.63, 3.8) is 0 Å². The van der Waals surface area contributed by atoms with Crippen molar-refractivity contribution in [2.45, 2.75) is 213 Å². The number of hydrogen-bond acceptors (Lipinski definition) is 22. The lowest BCUT2D eigenvalue weighted by Crippen LogP contribution is -2.64. The van der Waals surface area contributed by atoms with Gasteiger partial charge in [0.2, 0.25) is 53.2 Å². The van der Waals surface area contributed by atoms with E-state index in [9.17, 15) is 58.8 Å². The van der Waals surface area contributed by atoms with E-state index in [4.69, 9.17) is 25.4 Å². The largest absolute Gasteiger partial charge is 0.453 e. The molecule has 2 aromatic rings. The molecule has 0 radical (unpaired) electrons. The van der Waals surface area contributed by atoms with Gasteiger partial charge in [-0.15, -0.1) is 5.73 Å². The molecule has 35 heteroatoms. The average Bonchev–Trinajstić information content (AvgIpc) is 0.811. The highest BCUT2D eigenvalue weighted by Gasteiger charge is 2.44. The number of nitrogens with zero attached hydrogens (tertiary/aromatic N) is 1. The first-order valence-electron chi connectivity index (χ1n) is 37.5. The lowest BCUT2D eigenvalue weighted by molar-refractivity contribution is -0.157. The second kappa shape index (κ2) is 47.3. The highest BCUT2D eigenvalue weighted by atomic mass is 16.6. The number of hydrogen-bond donors (Lipinski definition) is 19. The molecule has 2 heterocycles. The molecule has 0 unspecified atom stereocenters. The highest BCUT2D eigenvalue weighted by molar-refractivity contribution is 5.99. The first kappa shape index (κ1) is 92.6. The molecular formula is C75H118N16O19. The molecule has 2 aliphatic rings. The summed E-state index contributed by atoms with van der Waals surface area (Å²) < 4.78 is 17.1. The van der Waals surface area contributed by atoms with E-state index in [1.807, 2.05) is 0 Å². The maximum Gasteiger partial charge on any atom is 0.408 e. The van der Waals surface area contributed by atoms with Crippen LogP contribution in [0.3, 0.4) is 0 Å². The number of carbonyl (C=O) groups excluding carboxylic acids is 12. The number of esters is 1. The maximum atomic E-state index is 15.8. The molecule has 2 aromatic carbocycles. The molecule has 15 atom stereocenters. The van der Waals surface area contributed by atoms with Gasteiger partial charge in [-0.25, -0.2) is 9.59 Å². The molecule has 0 bridgehead atoms. The Morgan fingerprint density at radius 1 is 0.655 bits per heavy atom. The summed E-state index contributed by atoms with van der Waals surface area (Å²) in [4.78, 5) is 178. The highest BCUT2D eigenvalue weighted by Crippen LogP contribution is 2.26. The van der Waals surface area contributed by atoms with Crippen LogP contribution < -0.4 is 74.9 Å². The van der Waals surface area contributed by atoms with Crippen molar-refractivity contribution in [1.82, 2.24) is 74.0 Å². The van der Waals surface area contributed by atoms with Crippen molar-refractivity contribution in [2.75, 3.05) is 59.1 Å². The zero-order valence-corrected chi connectivity index (χ0v) is 64.9. The number of rotatable bonds is 30. The van der Waals surface area contributed by atoms with Crippen molar-refractivity contribution >= 4 is 77.1 Å². The van der Waals surface area contributed by atoms with Gasteiger partial charge in [-0.05, 0) is 92.7 Å². The van der Waals surface area contributed by atoms with Crippen LogP contribution >= 0.6 is 0 Å². The van der Waals surface area contributed by atoms with E-state index in [1.54, 1.807) is 91.8 Å². The van der Waals surface area contributed by atoms with E-state index in [2.05, 4.69) is 86.3 Å². The zero-order chi connectivity index (χ0) is 81.9. The number of cyclic esters (lactones) is 1. The Morgan fingerprint density at radius 3 is 1.80 bits per heavy atom. The van der Waals surface area contributed by atoms with E-state index < -0.39 is 204 Å². The molecule has 11 amide bonds. The van der Waals surface area contributed by atoms with E-state index in [0.29, 0.717) is 44.8 Å². The van der Waals surface area contributed by atoms with Crippen LogP contribution in [0.5, 0.6) is 0 Å². The van der Waals surface area contributed by atoms with Gasteiger partial charge in [0.1, 0.15) is 67.0 Å². The van der Waals surface area contributed by atoms with Gasteiger partial charge in [0.25, 0.3) is 5.91 Å². The maximum absolute atomic E-state index is 15.8. The summed E-state index contributed by atoms with van der Waals surface area (Å²) in [6, 6.07) is -1.65. The molecule has 2 saturated heterocycles. The number of guanidine groups is 1. The number of nitrogens with two attached hydrogens (primary N) is 1. The topological polar surface area (TPSA) is 523 Å². The summed E-state index contributed by atoms with van der Waals surface area (Å²) >= 11 is 0. The third kappa shape index (κ3) is 31.3. The molecule has 2 aliphatic heterocycles. The minimum Gasteiger partial charge on any atom is -0.453 e. The molecule has 4 rings (SSSR count). The summed E-state index contributed by atoms with van der Waals surface area (Å²) in [6.07, 6.45) is -8.60. The van der Waals surface area contributed by atoms with Crippen molar-refractivity contribution in [3.05, 3.63) is 89.8 Å². The Kier molecular flexibility index (Phi) is 39.8. The fraction of sp³-hybridized carbons (Fsp3) is 0.627.